The van der Waals surface area contributed by atoms with Crippen molar-refractivity contribution in [3.8, 4) is 11.3 Å². The minimum atomic E-state index is 0.109. The molecule has 4 nitrogen and oxygen atoms in total. The highest BCUT2D eigenvalue weighted by Crippen LogP contribution is 2.33. The van der Waals surface area contributed by atoms with Gasteiger partial charge in [-0.3, -0.25) is 9.89 Å². The molecule has 2 aromatic rings. The van der Waals surface area contributed by atoms with Crippen LogP contribution in [-0.2, 0) is 17.6 Å². The molecular formula is C15H17N3OS. The topological polar surface area (TPSA) is 57.8 Å². The van der Waals surface area contributed by atoms with Crippen LogP contribution in [0.2, 0.25) is 0 Å². The number of aromatic amines is 1. The zero-order valence-electron chi connectivity index (χ0n) is 11.2. The summed E-state index contributed by atoms with van der Waals surface area (Å²) in [6, 6.07) is 2.54. The molecule has 0 spiro atoms. The lowest BCUT2D eigenvalue weighted by Gasteiger charge is -2.21. The Labute approximate surface area is 121 Å². The maximum Gasteiger partial charge on any atom is 0.223 e. The van der Waals surface area contributed by atoms with E-state index in [0.717, 1.165) is 43.4 Å². The minimum Gasteiger partial charge on any atom is -0.353 e. The van der Waals surface area contributed by atoms with Crippen molar-refractivity contribution in [3.05, 3.63) is 28.1 Å². The molecule has 0 saturated heterocycles. The number of hydrogen-bond acceptors (Lipinski definition) is 3. The molecule has 104 valence electrons. The summed E-state index contributed by atoms with van der Waals surface area (Å²) in [6.07, 6.45) is 4.97. The van der Waals surface area contributed by atoms with Gasteiger partial charge in [0.1, 0.15) is 0 Å². The van der Waals surface area contributed by atoms with Gasteiger partial charge >= 0.3 is 0 Å². The predicted molar refractivity (Wildman–Crippen MR) is 78.6 cm³/mol. The van der Waals surface area contributed by atoms with E-state index in [1.54, 1.807) is 11.3 Å². The quantitative estimate of drug-likeness (QED) is 0.911. The van der Waals surface area contributed by atoms with Crippen LogP contribution in [0.3, 0.4) is 0 Å². The van der Waals surface area contributed by atoms with Crippen LogP contribution in [0.5, 0.6) is 0 Å². The van der Waals surface area contributed by atoms with Crippen LogP contribution in [0.25, 0.3) is 11.3 Å². The summed E-state index contributed by atoms with van der Waals surface area (Å²) in [5.41, 5.74) is 4.65. The molecule has 2 N–H and O–H groups in total. The Morgan fingerprint density at radius 1 is 1.40 bits per heavy atom. The molecule has 0 aromatic carbocycles. The van der Waals surface area contributed by atoms with Crippen LogP contribution in [0, 0.1) is 5.92 Å². The fourth-order valence-corrected chi connectivity index (χ4v) is 3.54. The van der Waals surface area contributed by atoms with Crippen LogP contribution in [0.1, 0.15) is 30.5 Å². The maximum absolute atomic E-state index is 12.2. The second-order valence-corrected chi connectivity index (χ2v) is 6.54. The van der Waals surface area contributed by atoms with Crippen molar-refractivity contribution < 1.29 is 4.79 Å². The van der Waals surface area contributed by atoms with E-state index in [2.05, 4.69) is 32.3 Å². The van der Waals surface area contributed by atoms with Gasteiger partial charge in [0, 0.05) is 34.2 Å². The summed E-state index contributed by atoms with van der Waals surface area (Å²) in [7, 11) is 0. The fraction of sp³-hybridized carbons (Fsp3) is 0.467. The zero-order chi connectivity index (χ0) is 13.5. The highest BCUT2D eigenvalue weighted by atomic mass is 32.1. The van der Waals surface area contributed by atoms with E-state index in [0.29, 0.717) is 6.04 Å². The van der Waals surface area contributed by atoms with Crippen LogP contribution in [0.4, 0.5) is 0 Å². The molecular weight excluding hydrogens is 270 g/mol. The molecule has 1 atom stereocenters. The predicted octanol–water partition coefficient (Wildman–Crippen LogP) is 2.52. The lowest BCUT2D eigenvalue weighted by atomic mass is 9.85. The number of aryl methyl sites for hydroxylation is 1. The number of carbonyl (C=O) groups excluding carboxylic acids is 1. The van der Waals surface area contributed by atoms with Crippen LogP contribution in [-0.4, -0.2) is 22.1 Å². The molecule has 1 amide bonds. The Hall–Kier alpha value is -1.62. The summed E-state index contributed by atoms with van der Waals surface area (Å²) >= 11 is 1.68. The SMILES string of the molecule is O=C(NC1CC1)C1CCc2[nH]nc(-c3ccsc3)c2C1. The van der Waals surface area contributed by atoms with Crippen molar-refractivity contribution in [2.45, 2.75) is 38.1 Å². The van der Waals surface area contributed by atoms with Gasteiger partial charge in [0.05, 0.1) is 5.69 Å². The molecule has 2 aliphatic rings. The van der Waals surface area contributed by atoms with Gasteiger partial charge in [-0.05, 0) is 43.6 Å². The summed E-state index contributed by atoms with van der Waals surface area (Å²) in [4.78, 5) is 12.2. The fourth-order valence-electron chi connectivity index (χ4n) is 2.90. The molecule has 2 heterocycles. The number of fused-ring (bicyclic) bond motifs is 1. The zero-order valence-corrected chi connectivity index (χ0v) is 12.0. The summed E-state index contributed by atoms with van der Waals surface area (Å²) in [5.74, 6) is 0.341. The molecule has 5 heteroatoms. The average Bonchev–Trinajstić information content (AvgIpc) is 2.97. The van der Waals surface area contributed by atoms with Crippen molar-refractivity contribution in [2.75, 3.05) is 0 Å². The number of thiophene rings is 1. The van der Waals surface area contributed by atoms with Crippen molar-refractivity contribution in [2.24, 2.45) is 5.92 Å². The first kappa shape index (κ1) is 12.1. The third kappa shape index (κ3) is 2.16. The van der Waals surface area contributed by atoms with Crippen LogP contribution >= 0.6 is 11.3 Å². The molecule has 2 aliphatic carbocycles. The molecule has 0 aliphatic heterocycles. The third-order valence-electron chi connectivity index (χ3n) is 4.24. The molecule has 4 rings (SSSR count). The van der Waals surface area contributed by atoms with Gasteiger partial charge in [0.2, 0.25) is 5.91 Å². The highest BCUT2D eigenvalue weighted by Gasteiger charge is 2.31. The smallest absolute Gasteiger partial charge is 0.223 e. The molecule has 1 saturated carbocycles. The number of aromatic nitrogens is 2. The number of H-pyrrole nitrogens is 1. The Morgan fingerprint density at radius 3 is 3.05 bits per heavy atom. The number of amides is 1. The first-order valence-electron chi connectivity index (χ1n) is 7.20. The number of hydrogen-bond donors (Lipinski definition) is 2. The van der Waals surface area contributed by atoms with Gasteiger partial charge in [-0.1, -0.05) is 0 Å². The van der Waals surface area contributed by atoms with Crippen molar-refractivity contribution >= 4 is 17.2 Å². The first-order chi connectivity index (χ1) is 9.81. The van der Waals surface area contributed by atoms with Crippen molar-refractivity contribution in [3.63, 3.8) is 0 Å². The Morgan fingerprint density at radius 2 is 2.30 bits per heavy atom. The Bertz CT molecular complexity index is 628. The number of carbonyl (C=O) groups is 1. The Balaban J connectivity index is 1.58. The van der Waals surface area contributed by atoms with Gasteiger partial charge in [0.25, 0.3) is 0 Å². The first-order valence-corrected chi connectivity index (χ1v) is 8.14. The molecule has 0 radical (unpaired) electrons. The van der Waals surface area contributed by atoms with Gasteiger partial charge in [-0.2, -0.15) is 16.4 Å². The van der Waals surface area contributed by atoms with Gasteiger partial charge in [0.15, 0.2) is 0 Å². The molecule has 0 bridgehead atoms. The largest absolute Gasteiger partial charge is 0.353 e. The normalized spacial score (nSPS) is 21.5. The van der Waals surface area contributed by atoms with Crippen molar-refractivity contribution in [1.29, 1.82) is 0 Å². The lowest BCUT2D eigenvalue weighted by Crippen LogP contribution is -2.35. The van der Waals surface area contributed by atoms with Gasteiger partial charge in [-0.25, -0.2) is 0 Å². The minimum absolute atomic E-state index is 0.109. The highest BCUT2D eigenvalue weighted by molar-refractivity contribution is 7.08. The van der Waals surface area contributed by atoms with Crippen LogP contribution in [0.15, 0.2) is 16.8 Å². The summed E-state index contributed by atoms with van der Waals surface area (Å²) in [6.45, 7) is 0. The Kier molecular flexibility index (Phi) is 2.88. The van der Waals surface area contributed by atoms with E-state index >= 15 is 0 Å². The number of nitrogens with zero attached hydrogens (tertiary/aromatic N) is 1. The number of rotatable bonds is 3. The van der Waals surface area contributed by atoms with E-state index < -0.39 is 0 Å². The second-order valence-electron chi connectivity index (χ2n) is 5.76. The molecule has 1 fully saturated rings. The van der Waals surface area contributed by atoms with E-state index in [-0.39, 0.29) is 11.8 Å². The third-order valence-corrected chi connectivity index (χ3v) is 4.92. The van der Waals surface area contributed by atoms with E-state index in [1.807, 2.05) is 0 Å². The van der Waals surface area contributed by atoms with E-state index in [1.165, 1.54) is 11.3 Å². The van der Waals surface area contributed by atoms with Crippen LogP contribution < -0.4 is 5.32 Å². The van der Waals surface area contributed by atoms with Gasteiger partial charge < -0.3 is 5.32 Å². The molecule has 20 heavy (non-hydrogen) atoms. The van der Waals surface area contributed by atoms with E-state index in [4.69, 9.17) is 0 Å². The molecule has 1 unspecified atom stereocenters. The summed E-state index contributed by atoms with van der Waals surface area (Å²) < 4.78 is 0. The van der Waals surface area contributed by atoms with E-state index in [9.17, 15) is 4.79 Å². The lowest BCUT2D eigenvalue weighted by molar-refractivity contribution is -0.125. The number of nitrogens with one attached hydrogen (secondary N) is 2. The van der Waals surface area contributed by atoms with Crippen molar-refractivity contribution in [1.82, 2.24) is 15.5 Å². The average molecular weight is 287 g/mol. The maximum atomic E-state index is 12.2. The monoisotopic (exact) mass is 287 g/mol. The second kappa shape index (κ2) is 4.74. The molecule has 2 aromatic heterocycles. The van der Waals surface area contributed by atoms with Gasteiger partial charge in [-0.15, -0.1) is 0 Å². The summed E-state index contributed by atoms with van der Waals surface area (Å²) in [5, 5.41) is 14.9. The standard InChI is InChI=1S/C15H17N3OS/c19-15(16-11-2-3-11)9-1-4-13-12(7-9)14(18-17-13)10-5-6-20-8-10/h5-6,8-9,11H,1-4,7H2,(H,16,19)(H,17,18).